The molecule has 3 aromatic rings. The number of anilines is 2. The van der Waals surface area contributed by atoms with Crippen LogP contribution < -0.4 is 10.6 Å². The monoisotopic (exact) mass is 360 g/mol. The zero-order valence-electron chi connectivity index (χ0n) is 13.6. The number of benzene rings is 1. The smallest absolute Gasteiger partial charge is 0.412 e. The third-order valence-corrected chi connectivity index (χ3v) is 4.06. The molecule has 0 saturated heterocycles. The van der Waals surface area contributed by atoms with Gasteiger partial charge in [0.15, 0.2) is 5.82 Å². The van der Waals surface area contributed by atoms with Crippen LogP contribution in [0.2, 0.25) is 0 Å². The molecule has 0 spiro atoms. The van der Waals surface area contributed by atoms with Crippen LogP contribution in [0.15, 0.2) is 24.4 Å². The predicted molar refractivity (Wildman–Crippen MR) is 93.7 cm³/mol. The predicted octanol–water partition coefficient (Wildman–Crippen LogP) is 2.40. The van der Waals surface area contributed by atoms with Gasteiger partial charge < -0.3 is 10.1 Å². The van der Waals surface area contributed by atoms with Crippen LogP contribution in [0.1, 0.15) is 11.9 Å². The molecule has 2 aromatic heterocycles. The number of hydrogen-bond donors (Lipinski definition) is 2. The van der Waals surface area contributed by atoms with Crippen LogP contribution in [0.5, 0.6) is 0 Å². The fourth-order valence-corrected chi connectivity index (χ4v) is 3.04. The summed E-state index contributed by atoms with van der Waals surface area (Å²) in [7, 11) is 0. The SMILES string of the molecule is CCOC(=O)Nc1cn(CC(=O)Nc2ccc3nc(C)sc3c2)nn1. The van der Waals surface area contributed by atoms with Gasteiger partial charge in [-0.2, -0.15) is 0 Å². The number of carbonyl (C=O) groups excluding carboxylic acids is 2. The number of aromatic nitrogens is 4. The number of aryl methyl sites for hydroxylation is 1. The number of carbonyl (C=O) groups is 2. The van der Waals surface area contributed by atoms with Gasteiger partial charge >= 0.3 is 6.09 Å². The Labute approximate surface area is 147 Å². The lowest BCUT2D eigenvalue weighted by molar-refractivity contribution is -0.116. The molecule has 2 amide bonds. The van der Waals surface area contributed by atoms with Gasteiger partial charge in [0.2, 0.25) is 5.91 Å². The van der Waals surface area contributed by atoms with Crippen molar-refractivity contribution in [2.24, 2.45) is 0 Å². The molecule has 9 nitrogen and oxygen atoms in total. The molecule has 2 N–H and O–H groups in total. The van der Waals surface area contributed by atoms with Crippen LogP contribution in [0.4, 0.5) is 16.3 Å². The van der Waals surface area contributed by atoms with Crippen LogP contribution in [0, 0.1) is 6.92 Å². The van der Waals surface area contributed by atoms with Gasteiger partial charge in [-0.25, -0.2) is 14.5 Å². The number of amides is 2. The molecule has 0 atom stereocenters. The standard InChI is InChI=1S/C15H16N6O3S/c1-3-24-15(23)18-13-7-21(20-19-13)8-14(22)17-10-4-5-11-12(6-10)25-9(2)16-11/h4-7H,3,8H2,1-2H3,(H,17,22)(H,18,23). The van der Waals surface area contributed by atoms with Gasteiger partial charge in [0, 0.05) is 5.69 Å². The molecule has 0 fully saturated rings. The minimum Gasteiger partial charge on any atom is -0.450 e. The number of fused-ring (bicyclic) bond motifs is 1. The van der Waals surface area contributed by atoms with Gasteiger partial charge in [0.1, 0.15) is 6.54 Å². The van der Waals surface area contributed by atoms with Crippen molar-refractivity contribution < 1.29 is 14.3 Å². The van der Waals surface area contributed by atoms with Gasteiger partial charge in [0.25, 0.3) is 0 Å². The van der Waals surface area contributed by atoms with Crippen molar-refractivity contribution in [1.82, 2.24) is 20.0 Å². The second kappa shape index (κ2) is 7.26. The number of thiazole rings is 1. The highest BCUT2D eigenvalue weighted by molar-refractivity contribution is 7.18. The Morgan fingerprint density at radius 3 is 2.96 bits per heavy atom. The first kappa shape index (κ1) is 16.8. The van der Waals surface area contributed by atoms with Crippen molar-refractivity contribution in [3.8, 4) is 0 Å². The van der Waals surface area contributed by atoms with Gasteiger partial charge in [-0.3, -0.25) is 10.1 Å². The van der Waals surface area contributed by atoms with Crippen molar-refractivity contribution in [2.75, 3.05) is 17.2 Å². The minimum atomic E-state index is -0.618. The average Bonchev–Trinajstić information content (AvgIpc) is 3.12. The molecule has 0 saturated carbocycles. The van der Waals surface area contributed by atoms with E-state index < -0.39 is 6.09 Å². The van der Waals surface area contributed by atoms with Crippen molar-refractivity contribution >= 4 is 45.1 Å². The molecule has 1 aromatic carbocycles. The molecule has 0 bridgehead atoms. The molecule has 130 valence electrons. The van der Waals surface area contributed by atoms with E-state index in [-0.39, 0.29) is 24.9 Å². The second-order valence-corrected chi connectivity index (χ2v) is 6.35. The number of rotatable bonds is 5. The van der Waals surface area contributed by atoms with Crippen molar-refractivity contribution in [1.29, 1.82) is 0 Å². The Balaban J connectivity index is 1.60. The molecular formula is C15H16N6O3S. The third-order valence-electron chi connectivity index (χ3n) is 3.13. The summed E-state index contributed by atoms with van der Waals surface area (Å²) in [6.07, 6.45) is 0.832. The summed E-state index contributed by atoms with van der Waals surface area (Å²) in [5.74, 6) is -0.0408. The van der Waals surface area contributed by atoms with Gasteiger partial charge in [-0.1, -0.05) is 5.21 Å². The van der Waals surface area contributed by atoms with Crippen LogP contribution in [-0.2, 0) is 16.1 Å². The Morgan fingerprint density at radius 1 is 1.32 bits per heavy atom. The van der Waals surface area contributed by atoms with Crippen molar-refractivity contribution in [3.05, 3.63) is 29.4 Å². The summed E-state index contributed by atoms with van der Waals surface area (Å²) < 4.78 is 7.08. The van der Waals surface area contributed by atoms with E-state index in [4.69, 9.17) is 4.74 Å². The molecule has 3 rings (SSSR count). The lowest BCUT2D eigenvalue weighted by Crippen LogP contribution is -2.19. The maximum Gasteiger partial charge on any atom is 0.412 e. The summed E-state index contributed by atoms with van der Waals surface area (Å²) in [6, 6.07) is 5.55. The van der Waals surface area contributed by atoms with Gasteiger partial charge in [-0.15, -0.1) is 16.4 Å². The zero-order chi connectivity index (χ0) is 17.8. The zero-order valence-corrected chi connectivity index (χ0v) is 14.5. The Morgan fingerprint density at radius 2 is 2.16 bits per heavy atom. The summed E-state index contributed by atoms with van der Waals surface area (Å²) in [6.45, 7) is 3.87. The molecule has 10 heteroatoms. The summed E-state index contributed by atoms with van der Waals surface area (Å²) in [5.41, 5.74) is 1.59. The number of nitrogens with zero attached hydrogens (tertiary/aromatic N) is 4. The number of nitrogens with one attached hydrogen (secondary N) is 2. The molecule has 25 heavy (non-hydrogen) atoms. The largest absolute Gasteiger partial charge is 0.450 e. The highest BCUT2D eigenvalue weighted by atomic mass is 32.1. The maximum absolute atomic E-state index is 12.1. The Hall–Kier alpha value is -3.01. The van der Waals surface area contributed by atoms with E-state index in [0.29, 0.717) is 5.69 Å². The highest BCUT2D eigenvalue weighted by Gasteiger charge is 2.10. The molecule has 0 aliphatic rings. The van der Waals surface area contributed by atoms with E-state index in [1.807, 2.05) is 19.1 Å². The summed E-state index contributed by atoms with van der Waals surface area (Å²) >= 11 is 1.57. The molecule has 0 aliphatic carbocycles. The van der Waals surface area contributed by atoms with Crippen LogP contribution >= 0.6 is 11.3 Å². The molecular weight excluding hydrogens is 344 g/mol. The lowest BCUT2D eigenvalue weighted by atomic mass is 10.3. The van der Waals surface area contributed by atoms with Crippen LogP contribution in [0.3, 0.4) is 0 Å². The van der Waals surface area contributed by atoms with Crippen LogP contribution in [0.25, 0.3) is 10.2 Å². The number of hydrogen-bond acceptors (Lipinski definition) is 7. The van der Waals surface area contributed by atoms with E-state index in [1.165, 1.54) is 10.9 Å². The van der Waals surface area contributed by atoms with E-state index in [9.17, 15) is 9.59 Å². The van der Waals surface area contributed by atoms with Gasteiger partial charge in [0.05, 0.1) is 28.0 Å². The Kier molecular flexibility index (Phi) is 4.89. The minimum absolute atomic E-state index is 0.0305. The van der Waals surface area contributed by atoms with E-state index in [0.717, 1.165) is 15.2 Å². The third kappa shape index (κ3) is 4.29. The summed E-state index contributed by atoms with van der Waals surface area (Å²) in [4.78, 5) is 27.8. The highest BCUT2D eigenvalue weighted by Crippen LogP contribution is 2.24. The quantitative estimate of drug-likeness (QED) is 0.723. The molecule has 0 aliphatic heterocycles. The molecule has 2 heterocycles. The van der Waals surface area contributed by atoms with Gasteiger partial charge in [-0.05, 0) is 32.0 Å². The fraction of sp³-hybridized carbons (Fsp3) is 0.267. The van der Waals surface area contributed by atoms with Crippen LogP contribution in [-0.4, -0.2) is 38.6 Å². The lowest BCUT2D eigenvalue weighted by Gasteiger charge is -2.04. The molecule has 0 radical (unpaired) electrons. The summed E-state index contributed by atoms with van der Waals surface area (Å²) in [5, 5.41) is 13.7. The topological polar surface area (TPSA) is 111 Å². The van der Waals surface area contributed by atoms with E-state index in [1.54, 1.807) is 24.3 Å². The van der Waals surface area contributed by atoms with E-state index in [2.05, 4.69) is 25.9 Å². The normalized spacial score (nSPS) is 10.6. The van der Waals surface area contributed by atoms with E-state index >= 15 is 0 Å². The first-order valence-electron chi connectivity index (χ1n) is 7.54. The van der Waals surface area contributed by atoms with Crippen molar-refractivity contribution in [2.45, 2.75) is 20.4 Å². The first-order valence-corrected chi connectivity index (χ1v) is 8.36. The maximum atomic E-state index is 12.1. The number of ether oxygens (including phenoxy) is 1. The Bertz CT molecular complexity index is 919. The first-order chi connectivity index (χ1) is 12.0. The average molecular weight is 360 g/mol. The fourth-order valence-electron chi connectivity index (χ4n) is 2.17. The van der Waals surface area contributed by atoms with Crippen molar-refractivity contribution in [3.63, 3.8) is 0 Å². The second-order valence-electron chi connectivity index (χ2n) is 5.11. The molecule has 0 unspecified atom stereocenters.